The Kier molecular flexibility index (Phi) is 15.6. The van der Waals surface area contributed by atoms with Gasteiger partial charge in [0.15, 0.2) is 0 Å². The summed E-state index contributed by atoms with van der Waals surface area (Å²) in [6.45, 7) is 11.8. The number of hydrogen-bond donors (Lipinski definition) is 1. The van der Waals surface area contributed by atoms with Crippen LogP contribution in [0.5, 0.6) is 0 Å². The van der Waals surface area contributed by atoms with Crippen molar-refractivity contribution in [2.45, 2.75) is 65.9 Å². The first-order valence-corrected chi connectivity index (χ1v) is 9.01. The third-order valence-electron chi connectivity index (χ3n) is 3.79. The molecule has 0 aromatic carbocycles. The Hall–Kier alpha value is -0.160. The SMILES string of the molecule is CCCCC(CC)COCC(COCCC(C)C)OCCO. The van der Waals surface area contributed by atoms with Crippen molar-refractivity contribution in [2.75, 3.05) is 39.6 Å². The van der Waals surface area contributed by atoms with Crippen molar-refractivity contribution in [3.8, 4) is 0 Å². The van der Waals surface area contributed by atoms with Gasteiger partial charge in [0.2, 0.25) is 0 Å². The molecule has 0 rings (SSSR count). The lowest BCUT2D eigenvalue weighted by Crippen LogP contribution is -2.28. The fourth-order valence-electron chi connectivity index (χ4n) is 2.16. The third kappa shape index (κ3) is 13.5. The average molecular weight is 318 g/mol. The maximum absolute atomic E-state index is 8.90. The normalized spacial score (nSPS) is 14.5. The van der Waals surface area contributed by atoms with Crippen LogP contribution in [-0.4, -0.2) is 50.9 Å². The van der Waals surface area contributed by atoms with Crippen LogP contribution in [0.25, 0.3) is 0 Å². The van der Waals surface area contributed by atoms with Crippen molar-refractivity contribution >= 4 is 0 Å². The molecule has 0 aliphatic carbocycles. The lowest BCUT2D eigenvalue weighted by molar-refractivity contribution is -0.0726. The molecule has 0 fully saturated rings. The molecule has 0 aliphatic rings. The average Bonchev–Trinajstić information content (AvgIpc) is 2.51. The molecule has 22 heavy (non-hydrogen) atoms. The first-order chi connectivity index (χ1) is 10.6. The maximum Gasteiger partial charge on any atom is 0.104 e. The Bertz CT molecular complexity index is 221. The summed E-state index contributed by atoms with van der Waals surface area (Å²) in [5, 5.41) is 8.90. The van der Waals surface area contributed by atoms with Crippen molar-refractivity contribution in [3.05, 3.63) is 0 Å². The summed E-state index contributed by atoms with van der Waals surface area (Å²) in [6.07, 6.45) is 5.88. The molecule has 0 saturated carbocycles. The van der Waals surface area contributed by atoms with Gasteiger partial charge in [-0.1, -0.05) is 47.0 Å². The van der Waals surface area contributed by atoms with Gasteiger partial charge in [0, 0.05) is 13.2 Å². The minimum absolute atomic E-state index is 0.0383. The van der Waals surface area contributed by atoms with Crippen LogP contribution in [-0.2, 0) is 14.2 Å². The predicted molar refractivity (Wildman–Crippen MR) is 91.2 cm³/mol. The highest BCUT2D eigenvalue weighted by molar-refractivity contribution is 4.60. The zero-order chi connectivity index (χ0) is 16.6. The Morgan fingerprint density at radius 3 is 2.23 bits per heavy atom. The quantitative estimate of drug-likeness (QED) is 0.441. The summed E-state index contributed by atoms with van der Waals surface area (Å²) in [4.78, 5) is 0. The Balaban J connectivity index is 3.90. The van der Waals surface area contributed by atoms with Gasteiger partial charge in [-0.25, -0.2) is 0 Å². The first kappa shape index (κ1) is 21.8. The molecule has 2 atom stereocenters. The fourth-order valence-corrected chi connectivity index (χ4v) is 2.16. The van der Waals surface area contributed by atoms with Crippen LogP contribution in [0.3, 0.4) is 0 Å². The highest BCUT2D eigenvalue weighted by Gasteiger charge is 2.12. The largest absolute Gasteiger partial charge is 0.394 e. The van der Waals surface area contributed by atoms with Crippen molar-refractivity contribution in [1.82, 2.24) is 0 Å². The lowest BCUT2D eigenvalue weighted by Gasteiger charge is -2.20. The van der Waals surface area contributed by atoms with Crippen molar-refractivity contribution in [2.24, 2.45) is 11.8 Å². The smallest absolute Gasteiger partial charge is 0.104 e. The van der Waals surface area contributed by atoms with Gasteiger partial charge in [0.1, 0.15) is 6.10 Å². The molecule has 0 amide bonds. The zero-order valence-corrected chi connectivity index (χ0v) is 15.2. The lowest BCUT2D eigenvalue weighted by atomic mass is 10.0. The van der Waals surface area contributed by atoms with E-state index in [2.05, 4.69) is 27.7 Å². The van der Waals surface area contributed by atoms with E-state index in [4.69, 9.17) is 19.3 Å². The van der Waals surface area contributed by atoms with E-state index in [0.29, 0.717) is 31.7 Å². The van der Waals surface area contributed by atoms with Gasteiger partial charge < -0.3 is 19.3 Å². The first-order valence-electron chi connectivity index (χ1n) is 9.01. The summed E-state index contributed by atoms with van der Waals surface area (Å²) in [7, 11) is 0. The van der Waals surface area contributed by atoms with E-state index in [1.807, 2.05) is 0 Å². The van der Waals surface area contributed by atoms with Gasteiger partial charge in [0.05, 0.1) is 26.4 Å². The van der Waals surface area contributed by atoms with E-state index >= 15 is 0 Å². The van der Waals surface area contributed by atoms with E-state index in [0.717, 1.165) is 26.1 Å². The predicted octanol–water partition coefficient (Wildman–Crippen LogP) is 3.66. The van der Waals surface area contributed by atoms with Crippen LogP contribution >= 0.6 is 0 Å². The number of hydrogen-bond acceptors (Lipinski definition) is 4. The van der Waals surface area contributed by atoms with Gasteiger partial charge in [-0.05, 0) is 24.7 Å². The van der Waals surface area contributed by atoms with E-state index in [-0.39, 0.29) is 12.7 Å². The molecule has 0 heterocycles. The van der Waals surface area contributed by atoms with Crippen molar-refractivity contribution < 1.29 is 19.3 Å². The molecule has 134 valence electrons. The zero-order valence-electron chi connectivity index (χ0n) is 15.2. The molecule has 4 nitrogen and oxygen atoms in total. The van der Waals surface area contributed by atoms with Crippen LogP contribution < -0.4 is 0 Å². The maximum atomic E-state index is 8.90. The molecule has 0 spiro atoms. The summed E-state index contributed by atoms with van der Waals surface area (Å²) >= 11 is 0. The molecule has 0 aromatic heterocycles. The van der Waals surface area contributed by atoms with E-state index in [1.54, 1.807) is 0 Å². The Labute approximate surface area is 137 Å². The Morgan fingerprint density at radius 2 is 1.64 bits per heavy atom. The molecule has 1 N–H and O–H groups in total. The number of rotatable bonds is 16. The molecule has 0 aromatic rings. The fraction of sp³-hybridized carbons (Fsp3) is 1.00. The van der Waals surface area contributed by atoms with Gasteiger partial charge in [-0.3, -0.25) is 0 Å². The van der Waals surface area contributed by atoms with E-state index < -0.39 is 0 Å². The standard InChI is InChI=1S/C18H38O4/c1-5-7-8-17(6-2)13-21-15-18(22-12-10-19)14-20-11-9-16(3)4/h16-19H,5-15H2,1-4H3. The van der Waals surface area contributed by atoms with Gasteiger partial charge in [0.25, 0.3) is 0 Å². The molecular formula is C18H38O4. The number of ether oxygens (including phenoxy) is 3. The second kappa shape index (κ2) is 15.7. The monoisotopic (exact) mass is 318 g/mol. The summed E-state index contributed by atoms with van der Waals surface area (Å²) in [5.74, 6) is 1.29. The van der Waals surface area contributed by atoms with Crippen molar-refractivity contribution in [3.63, 3.8) is 0 Å². The van der Waals surface area contributed by atoms with Gasteiger partial charge >= 0.3 is 0 Å². The van der Waals surface area contributed by atoms with Crippen LogP contribution in [0.15, 0.2) is 0 Å². The van der Waals surface area contributed by atoms with Crippen LogP contribution in [0.4, 0.5) is 0 Å². The highest BCUT2D eigenvalue weighted by atomic mass is 16.6. The summed E-state index contributed by atoms with van der Waals surface area (Å²) in [6, 6.07) is 0. The minimum Gasteiger partial charge on any atom is -0.394 e. The molecule has 0 bridgehead atoms. The van der Waals surface area contributed by atoms with Crippen LogP contribution in [0.2, 0.25) is 0 Å². The second-order valence-electron chi connectivity index (χ2n) is 6.43. The minimum atomic E-state index is -0.0806. The van der Waals surface area contributed by atoms with Crippen molar-refractivity contribution in [1.29, 1.82) is 0 Å². The van der Waals surface area contributed by atoms with Crippen LogP contribution in [0, 0.1) is 11.8 Å². The molecule has 0 aliphatic heterocycles. The summed E-state index contributed by atoms with van der Waals surface area (Å²) in [5.41, 5.74) is 0. The van der Waals surface area contributed by atoms with E-state index in [1.165, 1.54) is 19.3 Å². The topological polar surface area (TPSA) is 47.9 Å². The van der Waals surface area contributed by atoms with Gasteiger partial charge in [-0.15, -0.1) is 0 Å². The second-order valence-corrected chi connectivity index (χ2v) is 6.43. The molecular weight excluding hydrogens is 280 g/mol. The van der Waals surface area contributed by atoms with Crippen LogP contribution in [0.1, 0.15) is 59.8 Å². The molecule has 4 heteroatoms. The number of aliphatic hydroxyl groups is 1. The summed E-state index contributed by atoms with van der Waals surface area (Å²) < 4.78 is 17.1. The number of unbranched alkanes of at least 4 members (excludes halogenated alkanes) is 1. The Morgan fingerprint density at radius 1 is 0.909 bits per heavy atom. The van der Waals surface area contributed by atoms with Gasteiger partial charge in [-0.2, -0.15) is 0 Å². The molecule has 0 saturated heterocycles. The molecule has 2 unspecified atom stereocenters. The number of aliphatic hydroxyl groups excluding tert-OH is 1. The molecule has 0 radical (unpaired) electrons. The third-order valence-corrected chi connectivity index (χ3v) is 3.79. The van der Waals surface area contributed by atoms with E-state index in [9.17, 15) is 0 Å². The highest BCUT2D eigenvalue weighted by Crippen LogP contribution is 2.13.